The molecule has 3 rings (SSSR count). The monoisotopic (exact) mass is 657 g/mol. The van der Waals surface area contributed by atoms with E-state index in [2.05, 4.69) is 5.32 Å². The molecular formula is C29H31Cl4N3O4S. The molecule has 1 unspecified atom stereocenters. The highest BCUT2D eigenvalue weighted by Crippen LogP contribution is 2.31. The van der Waals surface area contributed by atoms with Crippen molar-refractivity contribution in [2.75, 3.05) is 10.8 Å². The number of nitrogens with zero attached hydrogens (tertiary/aromatic N) is 2. The second-order valence-corrected chi connectivity index (χ2v) is 14.0. The smallest absolute Gasteiger partial charge is 0.264 e. The van der Waals surface area contributed by atoms with Crippen LogP contribution in [0.3, 0.4) is 0 Å². The van der Waals surface area contributed by atoms with E-state index in [1.165, 1.54) is 41.3 Å². The van der Waals surface area contributed by atoms with Crippen molar-refractivity contribution in [2.45, 2.75) is 57.1 Å². The predicted octanol–water partition coefficient (Wildman–Crippen LogP) is 7.22. The molecule has 2 amide bonds. The quantitative estimate of drug-likeness (QED) is 0.249. The van der Waals surface area contributed by atoms with Crippen molar-refractivity contribution in [3.63, 3.8) is 0 Å². The Morgan fingerprint density at radius 2 is 1.49 bits per heavy atom. The van der Waals surface area contributed by atoms with Crippen LogP contribution in [0.2, 0.25) is 20.1 Å². The highest BCUT2D eigenvalue weighted by molar-refractivity contribution is 7.92. The van der Waals surface area contributed by atoms with Crippen LogP contribution in [0.15, 0.2) is 71.6 Å². The van der Waals surface area contributed by atoms with Crippen molar-refractivity contribution >= 4 is 73.9 Å². The van der Waals surface area contributed by atoms with Crippen molar-refractivity contribution in [2.24, 2.45) is 0 Å². The molecule has 0 bridgehead atoms. The normalized spacial score (nSPS) is 12.5. The van der Waals surface area contributed by atoms with Crippen LogP contribution < -0.4 is 9.62 Å². The molecule has 0 aliphatic rings. The first-order valence-corrected chi connectivity index (χ1v) is 15.7. The number of hydrogen-bond acceptors (Lipinski definition) is 4. The number of carbonyl (C=O) groups is 2. The number of amides is 2. The number of rotatable bonds is 10. The van der Waals surface area contributed by atoms with Gasteiger partial charge < -0.3 is 10.2 Å². The van der Waals surface area contributed by atoms with Gasteiger partial charge in [-0.25, -0.2) is 8.42 Å². The third-order valence-corrected chi connectivity index (χ3v) is 8.80. The molecule has 0 fully saturated rings. The van der Waals surface area contributed by atoms with E-state index < -0.39 is 34.1 Å². The summed E-state index contributed by atoms with van der Waals surface area (Å²) >= 11 is 25.0. The van der Waals surface area contributed by atoms with E-state index in [0.29, 0.717) is 15.6 Å². The summed E-state index contributed by atoms with van der Waals surface area (Å²) in [4.78, 5) is 28.8. The van der Waals surface area contributed by atoms with Crippen LogP contribution in [0.25, 0.3) is 0 Å². The molecule has 7 nitrogen and oxygen atoms in total. The maximum atomic E-state index is 14.1. The maximum absolute atomic E-state index is 14.1. The Morgan fingerprint density at radius 3 is 2.02 bits per heavy atom. The van der Waals surface area contributed by atoms with Gasteiger partial charge in [0.1, 0.15) is 12.6 Å². The molecule has 3 aromatic rings. The lowest BCUT2D eigenvalue weighted by atomic mass is 10.1. The summed E-state index contributed by atoms with van der Waals surface area (Å²) in [5.74, 6) is -1.02. The van der Waals surface area contributed by atoms with Gasteiger partial charge in [0.25, 0.3) is 10.0 Å². The Morgan fingerprint density at radius 1 is 0.878 bits per heavy atom. The van der Waals surface area contributed by atoms with E-state index in [0.717, 1.165) is 4.31 Å². The first-order chi connectivity index (χ1) is 19.1. The fourth-order valence-electron chi connectivity index (χ4n) is 4.14. The van der Waals surface area contributed by atoms with Crippen LogP contribution in [0.1, 0.15) is 39.7 Å². The zero-order valence-corrected chi connectivity index (χ0v) is 26.8. The average Bonchev–Trinajstić information content (AvgIpc) is 2.87. The van der Waals surface area contributed by atoms with E-state index in [1.807, 2.05) is 20.8 Å². The first kappa shape index (κ1) is 33.0. The molecule has 0 saturated carbocycles. The molecule has 0 spiro atoms. The largest absolute Gasteiger partial charge is 0.350 e. The number of carbonyl (C=O) groups excluding carboxylic acids is 2. The fourth-order valence-corrected chi connectivity index (χ4v) is 6.54. The lowest BCUT2D eigenvalue weighted by molar-refractivity contribution is -0.141. The topological polar surface area (TPSA) is 86.8 Å². The van der Waals surface area contributed by atoms with Gasteiger partial charge in [0.2, 0.25) is 11.8 Å². The fraction of sp³-hybridized carbons (Fsp3) is 0.310. The van der Waals surface area contributed by atoms with Gasteiger partial charge in [-0.1, -0.05) is 77.6 Å². The second kappa shape index (κ2) is 13.7. The summed E-state index contributed by atoms with van der Waals surface area (Å²) in [5.41, 5.74) is 0.0585. The number of benzene rings is 3. The number of anilines is 1. The SMILES string of the molecule is CCC(C(=O)NC(C)(C)C)N(Cc1ccc(Cl)cc1Cl)C(=O)CN(c1cc(Cl)cc(Cl)c1)S(=O)(=O)c1ccccc1. The van der Waals surface area contributed by atoms with Gasteiger partial charge in [0, 0.05) is 32.2 Å². The molecule has 0 aliphatic carbocycles. The van der Waals surface area contributed by atoms with Crippen LogP contribution in [0.4, 0.5) is 5.69 Å². The number of sulfonamides is 1. The van der Waals surface area contributed by atoms with Crippen LogP contribution >= 0.6 is 46.4 Å². The zero-order valence-electron chi connectivity index (χ0n) is 23.0. The summed E-state index contributed by atoms with van der Waals surface area (Å²) < 4.78 is 28.7. The van der Waals surface area contributed by atoms with E-state index in [9.17, 15) is 18.0 Å². The van der Waals surface area contributed by atoms with Crippen LogP contribution in [0.5, 0.6) is 0 Å². The highest BCUT2D eigenvalue weighted by atomic mass is 35.5. The van der Waals surface area contributed by atoms with Crippen LogP contribution in [-0.2, 0) is 26.2 Å². The summed E-state index contributed by atoms with van der Waals surface area (Å²) in [6.45, 7) is 6.55. The third-order valence-electron chi connectivity index (χ3n) is 5.99. The van der Waals surface area contributed by atoms with Crippen molar-refractivity contribution in [3.05, 3.63) is 92.4 Å². The first-order valence-electron chi connectivity index (χ1n) is 12.7. The van der Waals surface area contributed by atoms with E-state index >= 15 is 0 Å². The summed E-state index contributed by atoms with van der Waals surface area (Å²) in [7, 11) is -4.26. The van der Waals surface area contributed by atoms with Gasteiger partial charge in [-0.2, -0.15) is 0 Å². The highest BCUT2D eigenvalue weighted by Gasteiger charge is 2.35. The summed E-state index contributed by atoms with van der Waals surface area (Å²) in [5, 5.41) is 4.01. The van der Waals surface area contributed by atoms with E-state index in [1.54, 1.807) is 37.3 Å². The molecule has 41 heavy (non-hydrogen) atoms. The van der Waals surface area contributed by atoms with Crippen molar-refractivity contribution in [1.29, 1.82) is 0 Å². The molecule has 0 radical (unpaired) electrons. The second-order valence-electron chi connectivity index (χ2n) is 10.4. The van der Waals surface area contributed by atoms with Crippen molar-refractivity contribution in [1.82, 2.24) is 10.2 Å². The van der Waals surface area contributed by atoms with Crippen molar-refractivity contribution in [3.8, 4) is 0 Å². The third kappa shape index (κ3) is 8.75. The number of halogens is 4. The molecule has 1 atom stereocenters. The maximum Gasteiger partial charge on any atom is 0.264 e. The minimum absolute atomic E-state index is 0.0336. The molecule has 1 N–H and O–H groups in total. The zero-order chi connectivity index (χ0) is 30.5. The van der Waals surface area contributed by atoms with Gasteiger partial charge in [-0.3, -0.25) is 13.9 Å². The molecule has 220 valence electrons. The number of hydrogen-bond donors (Lipinski definition) is 1. The molecular weight excluding hydrogens is 628 g/mol. The summed E-state index contributed by atoms with van der Waals surface area (Å²) in [6.07, 6.45) is 0.257. The van der Waals surface area contributed by atoms with Gasteiger partial charge in [-0.05, 0) is 75.2 Å². The van der Waals surface area contributed by atoms with E-state index in [-0.39, 0.29) is 39.5 Å². The van der Waals surface area contributed by atoms with Crippen molar-refractivity contribution < 1.29 is 18.0 Å². The standard InChI is InChI=1S/C29H31Cl4N3O4S/c1-5-26(28(38)34-29(2,3)4)35(17-19-11-12-20(30)16-25(19)33)27(37)18-36(23-14-21(31)13-22(32)15-23)41(39,40)24-9-7-6-8-10-24/h6-16,26H,5,17-18H2,1-4H3,(H,34,38). The Balaban J connectivity index is 2.12. The molecule has 0 aliphatic heterocycles. The Hall–Kier alpha value is -2.49. The van der Waals surface area contributed by atoms with Crippen LogP contribution in [-0.4, -0.2) is 43.3 Å². The molecule has 0 aromatic heterocycles. The van der Waals surface area contributed by atoms with Gasteiger partial charge >= 0.3 is 0 Å². The average molecular weight is 659 g/mol. The molecule has 0 heterocycles. The lowest BCUT2D eigenvalue weighted by Gasteiger charge is -2.35. The van der Waals surface area contributed by atoms with Crippen LogP contribution in [0, 0.1) is 0 Å². The van der Waals surface area contributed by atoms with Gasteiger partial charge in [0.05, 0.1) is 10.6 Å². The Bertz CT molecular complexity index is 1490. The number of nitrogens with one attached hydrogen (secondary N) is 1. The Kier molecular flexibility index (Phi) is 11.0. The van der Waals surface area contributed by atoms with Gasteiger partial charge in [-0.15, -0.1) is 0 Å². The van der Waals surface area contributed by atoms with E-state index in [4.69, 9.17) is 46.4 Å². The molecule has 0 saturated heterocycles. The summed E-state index contributed by atoms with van der Waals surface area (Å²) in [6, 6.07) is 15.9. The lowest BCUT2D eigenvalue weighted by Crippen LogP contribution is -2.55. The Labute approximate surface area is 261 Å². The molecule has 3 aromatic carbocycles. The minimum atomic E-state index is -4.26. The molecule has 12 heteroatoms. The minimum Gasteiger partial charge on any atom is -0.350 e. The van der Waals surface area contributed by atoms with Gasteiger partial charge in [0.15, 0.2) is 0 Å². The predicted molar refractivity (Wildman–Crippen MR) is 166 cm³/mol.